The van der Waals surface area contributed by atoms with E-state index in [1.54, 1.807) is 0 Å². The van der Waals surface area contributed by atoms with Gasteiger partial charge in [-0.3, -0.25) is 0 Å². The summed E-state index contributed by atoms with van der Waals surface area (Å²) in [6.45, 7) is 17.1. The Balaban J connectivity index is 1.34. The molecule has 0 saturated heterocycles. The summed E-state index contributed by atoms with van der Waals surface area (Å²) >= 11 is 0. The summed E-state index contributed by atoms with van der Waals surface area (Å²) in [7, 11) is 0. The molecule has 0 N–H and O–H groups in total. The first-order chi connectivity index (χ1) is 24.4. The van der Waals surface area contributed by atoms with E-state index in [9.17, 15) is 0 Å². The van der Waals surface area contributed by atoms with Gasteiger partial charge in [0.15, 0.2) is 0 Å². The topological polar surface area (TPSA) is 13.0 Å². The van der Waals surface area contributed by atoms with Gasteiger partial charge in [0.1, 0.15) is 0 Å². The third-order valence-electron chi connectivity index (χ3n) is 9.54. The second-order valence-corrected chi connectivity index (χ2v) is 12.8. The average molecular weight is 659 g/mol. The molecule has 0 aliphatic heterocycles. The minimum atomic E-state index is 0.976. The van der Waals surface area contributed by atoms with E-state index in [2.05, 4.69) is 207 Å². The normalized spacial score (nSPS) is 10.9. The van der Waals surface area contributed by atoms with E-state index in [-0.39, 0.29) is 0 Å². The Labute approximate surface area is 299 Å². The number of nitrogens with zero attached hydrogens (tertiary/aromatic N) is 4. The fourth-order valence-corrected chi connectivity index (χ4v) is 6.87. The van der Waals surface area contributed by atoms with Crippen LogP contribution in [0.3, 0.4) is 0 Å². The number of hydrogen-bond acceptors (Lipinski definition) is 4. The van der Waals surface area contributed by atoms with Crippen LogP contribution in [0.2, 0.25) is 0 Å². The van der Waals surface area contributed by atoms with Gasteiger partial charge in [0, 0.05) is 71.7 Å². The summed E-state index contributed by atoms with van der Waals surface area (Å²) in [5.41, 5.74) is 14.2. The monoisotopic (exact) mass is 658 g/mol. The van der Waals surface area contributed by atoms with E-state index < -0.39 is 0 Å². The second kappa shape index (κ2) is 15.8. The molecule has 4 nitrogen and oxygen atoms in total. The van der Waals surface area contributed by atoms with E-state index in [1.165, 1.54) is 33.6 Å². The molecule has 0 spiro atoms. The highest BCUT2D eigenvalue weighted by molar-refractivity contribution is 5.82. The maximum absolute atomic E-state index is 2.40. The third kappa shape index (κ3) is 7.55. The van der Waals surface area contributed by atoms with Gasteiger partial charge in [-0.05, 0) is 149 Å². The molecule has 0 aliphatic rings. The van der Waals surface area contributed by atoms with Crippen molar-refractivity contribution in [1.29, 1.82) is 0 Å². The predicted molar refractivity (Wildman–Crippen MR) is 218 cm³/mol. The van der Waals surface area contributed by atoms with E-state index in [0.29, 0.717) is 0 Å². The van der Waals surface area contributed by atoms with Crippen molar-refractivity contribution in [2.45, 2.75) is 41.5 Å². The largest absolute Gasteiger partial charge is 0.372 e. The van der Waals surface area contributed by atoms with Gasteiger partial charge in [-0.15, -0.1) is 0 Å². The smallest absolute Gasteiger partial charge is 0.0482 e. The molecule has 0 amide bonds. The van der Waals surface area contributed by atoms with Gasteiger partial charge in [-0.25, -0.2) is 0 Å². The van der Waals surface area contributed by atoms with Crippen LogP contribution in [-0.4, -0.2) is 26.2 Å². The van der Waals surface area contributed by atoms with E-state index in [1.807, 2.05) is 0 Å². The minimum absolute atomic E-state index is 0.976. The first-order valence-electron chi connectivity index (χ1n) is 18.1. The lowest BCUT2D eigenvalue weighted by atomic mass is 10.0. The molecule has 6 aromatic carbocycles. The lowest BCUT2D eigenvalue weighted by Crippen LogP contribution is -2.22. The van der Waals surface area contributed by atoms with Crippen molar-refractivity contribution in [1.82, 2.24) is 0 Å². The van der Waals surface area contributed by atoms with Gasteiger partial charge < -0.3 is 19.6 Å². The Hall–Kier alpha value is -5.48. The quantitative estimate of drug-likeness (QED) is 0.122. The molecule has 6 aromatic rings. The molecule has 0 saturated carbocycles. The highest BCUT2D eigenvalue weighted by Crippen LogP contribution is 2.40. The predicted octanol–water partition coefficient (Wildman–Crippen LogP) is 12.6. The highest BCUT2D eigenvalue weighted by atomic mass is 15.2. The molecule has 0 radical (unpaired) electrons. The van der Waals surface area contributed by atoms with Gasteiger partial charge in [-0.2, -0.15) is 0 Å². The van der Waals surface area contributed by atoms with E-state index >= 15 is 0 Å². The molecule has 0 aromatic heterocycles. The summed E-state index contributed by atoms with van der Waals surface area (Å²) in [6, 6.07) is 53.2. The van der Waals surface area contributed by atoms with Crippen LogP contribution >= 0.6 is 0 Å². The molecule has 0 fully saturated rings. The molecular weight excluding hydrogens is 609 g/mol. The van der Waals surface area contributed by atoms with Crippen molar-refractivity contribution in [3.8, 4) is 11.1 Å². The van der Waals surface area contributed by atoms with Crippen LogP contribution in [0.25, 0.3) is 11.1 Å². The fraction of sp³-hybridized carbons (Fsp3) is 0.217. The van der Waals surface area contributed by atoms with Crippen molar-refractivity contribution in [3.63, 3.8) is 0 Å². The number of anilines is 8. The molecule has 0 unspecified atom stereocenters. The lowest BCUT2D eigenvalue weighted by Gasteiger charge is -2.28. The lowest BCUT2D eigenvalue weighted by molar-refractivity contribution is 0.866. The van der Waals surface area contributed by atoms with Crippen molar-refractivity contribution in [2.75, 3.05) is 45.8 Å². The molecule has 4 heteroatoms. The van der Waals surface area contributed by atoms with Crippen molar-refractivity contribution in [3.05, 3.63) is 157 Å². The minimum Gasteiger partial charge on any atom is -0.372 e. The van der Waals surface area contributed by atoms with Crippen LogP contribution in [0.4, 0.5) is 45.5 Å². The third-order valence-corrected chi connectivity index (χ3v) is 9.54. The number of hydrogen-bond donors (Lipinski definition) is 0. The Morgan fingerprint density at radius 3 is 0.940 bits per heavy atom. The number of aryl methyl sites for hydroxylation is 2. The van der Waals surface area contributed by atoms with Gasteiger partial charge >= 0.3 is 0 Å². The van der Waals surface area contributed by atoms with Crippen molar-refractivity contribution >= 4 is 45.5 Å². The molecule has 50 heavy (non-hydrogen) atoms. The van der Waals surface area contributed by atoms with E-state index in [0.717, 1.165) is 60.3 Å². The zero-order valence-electron chi connectivity index (χ0n) is 30.5. The number of rotatable bonds is 13. The maximum atomic E-state index is 2.40. The zero-order valence-corrected chi connectivity index (χ0v) is 30.5. The van der Waals surface area contributed by atoms with Crippen LogP contribution in [0.1, 0.15) is 38.8 Å². The Bertz CT molecular complexity index is 1840. The standard InChI is InChI=1S/C46H50N4/c1-7-47(8-2)41-17-13-21-45(33-41)49(43-19-11-15-35(5)31-43)39-27-23-37(24-28-39)38-25-29-40(30-26-38)50(44-20-12-16-36(6)32-44)46-22-14-18-42(34-46)48(9-3)10-4/h11-34H,7-10H2,1-6H3. The maximum Gasteiger partial charge on any atom is 0.0482 e. The Morgan fingerprint density at radius 2 is 0.620 bits per heavy atom. The van der Waals surface area contributed by atoms with Crippen LogP contribution < -0.4 is 19.6 Å². The van der Waals surface area contributed by atoms with Crippen molar-refractivity contribution in [2.24, 2.45) is 0 Å². The summed E-state index contributed by atoms with van der Waals surface area (Å²) < 4.78 is 0. The summed E-state index contributed by atoms with van der Waals surface area (Å²) in [6.07, 6.45) is 0. The van der Waals surface area contributed by atoms with Crippen LogP contribution in [0, 0.1) is 13.8 Å². The first kappa shape index (κ1) is 34.4. The molecule has 6 rings (SSSR count). The molecule has 0 atom stereocenters. The Morgan fingerprint density at radius 1 is 0.320 bits per heavy atom. The number of benzene rings is 6. The summed E-state index contributed by atoms with van der Waals surface area (Å²) in [5, 5.41) is 0. The summed E-state index contributed by atoms with van der Waals surface area (Å²) in [5.74, 6) is 0. The molecular formula is C46H50N4. The van der Waals surface area contributed by atoms with Gasteiger partial charge in [-0.1, -0.05) is 60.7 Å². The van der Waals surface area contributed by atoms with Crippen LogP contribution in [-0.2, 0) is 0 Å². The van der Waals surface area contributed by atoms with Crippen LogP contribution in [0.5, 0.6) is 0 Å². The highest BCUT2D eigenvalue weighted by Gasteiger charge is 2.17. The molecule has 0 aliphatic carbocycles. The Kier molecular flexibility index (Phi) is 10.9. The molecule has 0 heterocycles. The molecule has 254 valence electrons. The average Bonchev–Trinajstić information content (AvgIpc) is 3.14. The molecule has 0 bridgehead atoms. The zero-order chi connectivity index (χ0) is 35.0. The van der Waals surface area contributed by atoms with Gasteiger partial charge in [0.25, 0.3) is 0 Å². The summed E-state index contributed by atoms with van der Waals surface area (Å²) in [4.78, 5) is 9.51. The van der Waals surface area contributed by atoms with Gasteiger partial charge in [0.05, 0.1) is 0 Å². The van der Waals surface area contributed by atoms with Gasteiger partial charge in [0.2, 0.25) is 0 Å². The van der Waals surface area contributed by atoms with Crippen molar-refractivity contribution < 1.29 is 0 Å². The first-order valence-corrected chi connectivity index (χ1v) is 18.1. The second-order valence-electron chi connectivity index (χ2n) is 12.8. The van der Waals surface area contributed by atoms with Crippen LogP contribution in [0.15, 0.2) is 146 Å². The SMILES string of the molecule is CCN(CC)c1cccc(N(c2ccc(-c3ccc(N(c4cccc(C)c4)c4cccc(N(CC)CC)c4)cc3)cc2)c2cccc(C)c2)c1. The van der Waals surface area contributed by atoms with E-state index in [4.69, 9.17) is 0 Å². The fourth-order valence-electron chi connectivity index (χ4n) is 6.87.